The number of aromatic amines is 1. The van der Waals surface area contributed by atoms with Crippen LogP contribution in [0.2, 0.25) is 0 Å². The van der Waals surface area contributed by atoms with Crippen molar-refractivity contribution in [2.24, 2.45) is 0 Å². The van der Waals surface area contributed by atoms with Crippen molar-refractivity contribution in [3.05, 3.63) is 81.8 Å². The summed E-state index contributed by atoms with van der Waals surface area (Å²) in [5, 5.41) is 4.94. The molecule has 6 nitrogen and oxygen atoms in total. The van der Waals surface area contributed by atoms with Crippen molar-refractivity contribution in [2.75, 3.05) is 6.54 Å². The number of nitrogens with one attached hydrogen (secondary N) is 1. The Labute approximate surface area is 161 Å². The molecular weight excluding hydrogens is 352 g/mol. The van der Waals surface area contributed by atoms with Gasteiger partial charge in [0.15, 0.2) is 0 Å². The van der Waals surface area contributed by atoms with Crippen LogP contribution in [0.3, 0.4) is 0 Å². The van der Waals surface area contributed by atoms with Crippen molar-refractivity contribution in [3.63, 3.8) is 0 Å². The van der Waals surface area contributed by atoms with Gasteiger partial charge in [-0.3, -0.25) is 9.59 Å². The number of likely N-dealkylation sites (tertiary alicyclic amines) is 1. The third-order valence-electron chi connectivity index (χ3n) is 5.58. The molecule has 6 heteroatoms. The molecule has 140 valence electrons. The van der Waals surface area contributed by atoms with Crippen LogP contribution in [0.25, 0.3) is 16.6 Å². The highest BCUT2D eigenvalue weighted by atomic mass is 16.2. The van der Waals surface area contributed by atoms with Gasteiger partial charge < -0.3 is 9.88 Å². The van der Waals surface area contributed by atoms with Crippen LogP contribution in [0, 0.1) is 6.92 Å². The minimum atomic E-state index is -0.214. The number of hydrogen-bond acceptors (Lipinski definition) is 3. The summed E-state index contributed by atoms with van der Waals surface area (Å²) in [6, 6.07) is 15.7. The number of nitrogens with zero attached hydrogens (tertiary/aromatic N) is 3. The number of hydrogen-bond donors (Lipinski definition) is 1. The second kappa shape index (κ2) is 6.34. The molecule has 1 aliphatic rings. The molecule has 28 heavy (non-hydrogen) atoms. The van der Waals surface area contributed by atoms with Gasteiger partial charge in [0.1, 0.15) is 11.2 Å². The summed E-state index contributed by atoms with van der Waals surface area (Å²) in [6.45, 7) is 2.76. The summed E-state index contributed by atoms with van der Waals surface area (Å²) in [5.74, 6) is -0.0935. The first-order valence-corrected chi connectivity index (χ1v) is 9.50. The van der Waals surface area contributed by atoms with Gasteiger partial charge in [-0.15, -0.1) is 0 Å². The molecule has 0 aliphatic carbocycles. The molecule has 1 saturated heterocycles. The second-order valence-electron chi connectivity index (χ2n) is 7.36. The number of para-hydroxylation sites is 1. The number of H-pyrrole nitrogens is 1. The fourth-order valence-electron chi connectivity index (χ4n) is 4.13. The summed E-state index contributed by atoms with van der Waals surface area (Å²) in [4.78, 5) is 30.6. The summed E-state index contributed by atoms with van der Waals surface area (Å²) in [6.07, 6.45) is 3.46. The van der Waals surface area contributed by atoms with E-state index in [2.05, 4.69) is 41.3 Å². The summed E-state index contributed by atoms with van der Waals surface area (Å²) >= 11 is 0. The van der Waals surface area contributed by atoms with Crippen molar-refractivity contribution in [1.82, 2.24) is 19.5 Å². The monoisotopic (exact) mass is 372 g/mol. The average molecular weight is 372 g/mol. The normalized spacial score (nSPS) is 16.9. The first-order chi connectivity index (χ1) is 13.6. The van der Waals surface area contributed by atoms with Gasteiger partial charge >= 0.3 is 0 Å². The third kappa shape index (κ3) is 2.52. The molecule has 2 aromatic heterocycles. The molecule has 0 bridgehead atoms. The zero-order chi connectivity index (χ0) is 19.3. The molecule has 1 amide bonds. The standard InChI is InChI=1S/C22H20N4O2/c1-14-8-10-15(11-9-14)18-7-4-12-25(18)22(28)17-13-23-26-19-6-3-2-5-16(19)21(27)24-20(17)26/h2-3,5-6,8-11,13,18H,4,7,12H2,1H3,(H,24,27). The lowest BCUT2D eigenvalue weighted by atomic mass is 10.0. The molecule has 5 rings (SSSR count). The lowest BCUT2D eigenvalue weighted by Crippen LogP contribution is -2.30. The molecule has 1 unspecified atom stereocenters. The predicted molar refractivity (Wildman–Crippen MR) is 108 cm³/mol. The topological polar surface area (TPSA) is 70.5 Å². The summed E-state index contributed by atoms with van der Waals surface area (Å²) in [5.41, 5.74) is 3.70. The van der Waals surface area contributed by atoms with Gasteiger partial charge in [-0.1, -0.05) is 42.0 Å². The predicted octanol–water partition coefficient (Wildman–Crippen LogP) is 3.46. The number of amides is 1. The molecule has 4 aromatic rings. The van der Waals surface area contributed by atoms with E-state index >= 15 is 0 Å². The number of aryl methyl sites for hydroxylation is 1. The molecule has 0 radical (unpaired) electrons. The van der Waals surface area contributed by atoms with Gasteiger partial charge in [0.05, 0.1) is 23.1 Å². The lowest BCUT2D eigenvalue weighted by molar-refractivity contribution is 0.0737. The van der Waals surface area contributed by atoms with E-state index in [-0.39, 0.29) is 17.5 Å². The zero-order valence-electron chi connectivity index (χ0n) is 15.6. The second-order valence-corrected chi connectivity index (χ2v) is 7.36. The van der Waals surface area contributed by atoms with Crippen molar-refractivity contribution < 1.29 is 4.79 Å². The Morgan fingerprint density at radius 1 is 1.14 bits per heavy atom. The molecule has 1 atom stereocenters. The molecule has 2 aromatic carbocycles. The van der Waals surface area contributed by atoms with Crippen molar-refractivity contribution in [1.29, 1.82) is 0 Å². The molecule has 3 heterocycles. The van der Waals surface area contributed by atoms with Gasteiger partial charge in [0, 0.05) is 6.54 Å². The highest BCUT2D eigenvalue weighted by Gasteiger charge is 2.32. The molecule has 0 saturated carbocycles. The van der Waals surface area contributed by atoms with E-state index in [1.165, 1.54) is 5.56 Å². The average Bonchev–Trinajstić information content (AvgIpc) is 3.36. The highest BCUT2D eigenvalue weighted by molar-refractivity contribution is 6.01. The van der Waals surface area contributed by atoms with Gasteiger partial charge in [0.2, 0.25) is 0 Å². The zero-order valence-corrected chi connectivity index (χ0v) is 15.6. The van der Waals surface area contributed by atoms with Crippen molar-refractivity contribution in [3.8, 4) is 0 Å². The van der Waals surface area contributed by atoms with Gasteiger partial charge in [-0.05, 0) is 37.5 Å². The Kier molecular flexibility index (Phi) is 3.79. The number of carbonyl (C=O) groups is 1. The van der Waals surface area contributed by atoms with E-state index in [9.17, 15) is 9.59 Å². The smallest absolute Gasteiger partial charge is 0.259 e. The van der Waals surface area contributed by atoms with Crippen LogP contribution in [0.5, 0.6) is 0 Å². The Morgan fingerprint density at radius 3 is 2.75 bits per heavy atom. The van der Waals surface area contributed by atoms with E-state index in [1.807, 2.05) is 23.1 Å². The van der Waals surface area contributed by atoms with Gasteiger partial charge in [0.25, 0.3) is 11.5 Å². The van der Waals surface area contributed by atoms with Crippen molar-refractivity contribution >= 4 is 22.5 Å². The Balaban J connectivity index is 1.59. The van der Waals surface area contributed by atoms with E-state index < -0.39 is 0 Å². The number of rotatable bonds is 2. The van der Waals surface area contributed by atoms with Crippen LogP contribution in [0.1, 0.15) is 40.4 Å². The quantitative estimate of drug-likeness (QED) is 0.586. The molecule has 1 N–H and O–H groups in total. The molecule has 0 spiro atoms. The van der Waals surface area contributed by atoms with Gasteiger partial charge in [-0.25, -0.2) is 4.52 Å². The van der Waals surface area contributed by atoms with E-state index in [0.29, 0.717) is 28.7 Å². The largest absolute Gasteiger partial charge is 0.331 e. The van der Waals surface area contributed by atoms with Crippen LogP contribution in [-0.4, -0.2) is 31.9 Å². The first-order valence-electron chi connectivity index (χ1n) is 9.50. The third-order valence-corrected chi connectivity index (χ3v) is 5.58. The Bertz CT molecular complexity index is 1250. The maximum absolute atomic E-state index is 13.4. The van der Waals surface area contributed by atoms with Crippen LogP contribution in [0.4, 0.5) is 0 Å². The van der Waals surface area contributed by atoms with E-state index in [4.69, 9.17) is 0 Å². The molecule has 1 fully saturated rings. The van der Waals surface area contributed by atoms with Gasteiger partial charge in [-0.2, -0.15) is 5.10 Å². The number of carbonyl (C=O) groups excluding carboxylic acids is 1. The SMILES string of the molecule is Cc1ccc(C2CCCN2C(=O)c2cnn3c2[nH]c(=O)c2ccccc23)cc1. The van der Waals surface area contributed by atoms with Crippen molar-refractivity contribution in [2.45, 2.75) is 25.8 Å². The fraction of sp³-hybridized carbons (Fsp3) is 0.227. The minimum Gasteiger partial charge on any atom is -0.331 e. The molecular formula is C22H20N4O2. The number of fused-ring (bicyclic) bond motifs is 3. The van der Waals surface area contributed by atoms with Crippen LogP contribution >= 0.6 is 0 Å². The Hall–Kier alpha value is -3.41. The maximum Gasteiger partial charge on any atom is 0.259 e. The highest BCUT2D eigenvalue weighted by Crippen LogP contribution is 2.33. The maximum atomic E-state index is 13.4. The van der Waals surface area contributed by atoms with E-state index in [0.717, 1.165) is 18.4 Å². The van der Waals surface area contributed by atoms with E-state index in [1.54, 1.807) is 16.8 Å². The lowest BCUT2D eigenvalue weighted by Gasteiger charge is -2.25. The Morgan fingerprint density at radius 2 is 1.93 bits per heavy atom. The summed E-state index contributed by atoms with van der Waals surface area (Å²) < 4.78 is 1.64. The first kappa shape index (κ1) is 16.7. The molecule has 1 aliphatic heterocycles. The van der Waals surface area contributed by atoms with Crippen LogP contribution in [-0.2, 0) is 0 Å². The van der Waals surface area contributed by atoms with Crippen LogP contribution < -0.4 is 5.56 Å². The minimum absolute atomic E-state index is 0.0511. The van der Waals surface area contributed by atoms with Crippen LogP contribution in [0.15, 0.2) is 59.5 Å². The fourth-order valence-corrected chi connectivity index (χ4v) is 4.13. The summed E-state index contributed by atoms with van der Waals surface area (Å²) in [7, 11) is 0. The number of benzene rings is 2. The number of aromatic nitrogens is 3.